The monoisotopic (exact) mass is 357 g/mol. The summed E-state index contributed by atoms with van der Waals surface area (Å²) < 4.78 is 5.57. The van der Waals surface area contributed by atoms with Crippen LogP contribution in [-0.4, -0.2) is 30.8 Å². The van der Waals surface area contributed by atoms with E-state index in [1.54, 1.807) is 12.1 Å². The van der Waals surface area contributed by atoms with Gasteiger partial charge in [-0.15, -0.1) is 0 Å². The first kappa shape index (κ1) is 18.1. The van der Waals surface area contributed by atoms with Gasteiger partial charge in [-0.2, -0.15) is 0 Å². The van der Waals surface area contributed by atoms with Crippen molar-refractivity contribution in [3.8, 4) is 0 Å². The van der Waals surface area contributed by atoms with Gasteiger partial charge in [0.05, 0.1) is 12.7 Å². The van der Waals surface area contributed by atoms with Crippen molar-refractivity contribution in [2.24, 2.45) is 5.41 Å². The smallest absolute Gasteiger partial charge is 0.337 e. The Morgan fingerprint density at radius 3 is 2.57 bits per heavy atom. The van der Waals surface area contributed by atoms with Crippen molar-refractivity contribution < 1.29 is 14.6 Å². The molecule has 0 saturated heterocycles. The number of rotatable bonds is 6. The predicted octanol–water partition coefficient (Wildman–Crippen LogP) is 3.12. The number of carbonyl (C=O) groups is 1. The van der Waals surface area contributed by atoms with Gasteiger partial charge in [0.25, 0.3) is 0 Å². The van der Waals surface area contributed by atoms with E-state index in [0.717, 1.165) is 10.0 Å². The summed E-state index contributed by atoms with van der Waals surface area (Å²) in [6, 6.07) is 5.64. The molecular formula is C16H24BrNO3. The lowest BCUT2D eigenvalue weighted by molar-refractivity contribution is 0.0600. The number of methoxy groups -OCH3 is 1. The highest BCUT2D eigenvalue weighted by molar-refractivity contribution is 9.10. The zero-order valence-electron chi connectivity index (χ0n) is 13.1. The molecule has 5 heteroatoms. The lowest BCUT2D eigenvalue weighted by Gasteiger charge is -2.31. The van der Waals surface area contributed by atoms with Crippen LogP contribution in [0.1, 0.15) is 43.1 Å². The molecule has 0 saturated carbocycles. The second kappa shape index (κ2) is 7.92. The van der Waals surface area contributed by atoms with Crippen LogP contribution < -0.4 is 5.32 Å². The Kier molecular flexibility index (Phi) is 6.84. The molecule has 0 heterocycles. The summed E-state index contributed by atoms with van der Waals surface area (Å²) in [6.45, 7) is 7.28. The number of ether oxygens (including phenoxy) is 1. The van der Waals surface area contributed by atoms with Crippen LogP contribution in [0.15, 0.2) is 22.7 Å². The van der Waals surface area contributed by atoms with E-state index in [1.807, 2.05) is 6.07 Å². The van der Waals surface area contributed by atoms with Crippen LogP contribution in [0.5, 0.6) is 0 Å². The first-order chi connectivity index (χ1) is 9.79. The van der Waals surface area contributed by atoms with E-state index in [0.29, 0.717) is 18.5 Å². The molecule has 0 fully saturated rings. The summed E-state index contributed by atoms with van der Waals surface area (Å²) in [4.78, 5) is 11.5. The molecule has 0 amide bonds. The van der Waals surface area contributed by atoms with E-state index in [2.05, 4.69) is 42.0 Å². The van der Waals surface area contributed by atoms with Gasteiger partial charge in [0.2, 0.25) is 0 Å². The minimum atomic E-state index is -0.344. The summed E-state index contributed by atoms with van der Waals surface area (Å²) in [6.07, 6.45) is 0.710. The van der Waals surface area contributed by atoms with Crippen molar-refractivity contribution in [2.45, 2.75) is 39.8 Å². The third-order valence-electron chi connectivity index (χ3n) is 3.48. The first-order valence-corrected chi connectivity index (χ1v) is 7.80. The van der Waals surface area contributed by atoms with Crippen LogP contribution in [0, 0.1) is 5.41 Å². The van der Waals surface area contributed by atoms with Crippen LogP contribution in [-0.2, 0) is 11.3 Å². The summed E-state index contributed by atoms with van der Waals surface area (Å²) in [5, 5.41) is 12.6. The number of hydrogen-bond donors (Lipinski definition) is 2. The maximum atomic E-state index is 11.5. The molecule has 1 atom stereocenters. The van der Waals surface area contributed by atoms with Gasteiger partial charge in [0.15, 0.2) is 0 Å². The summed E-state index contributed by atoms with van der Waals surface area (Å²) in [7, 11) is 1.37. The average Bonchev–Trinajstić information content (AvgIpc) is 2.42. The van der Waals surface area contributed by atoms with E-state index in [4.69, 9.17) is 4.74 Å². The number of benzene rings is 1. The summed E-state index contributed by atoms with van der Waals surface area (Å²) in [5.41, 5.74) is 1.66. The second-order valence-corrected chi connectivity index (χ2v) is 6.96. The largest absolute Gasteiger partial charge is 0.465 e. The molecular weight excluding hydrogens is 334 g/mol. The van der Waals surface area contributed by atoms with Crippen LogP contribution in [0.3, 0.4) is 0 Å². The number of aliphatic hydroxyl groups is 1. The van der Waals surface area contributed by atoms with E-state index in [-0.39, 0.29) is 24.0 Å². The fraction of sp³-hybridized carbons (Fsp3) is 0.562. The van der Waals surface area contributed by atoms with Gasteiger partial charge in [-0.1, -0.05) is 42.8 Å². The molecule has 1 aromatic carbocycles. The highest BCUT2D eigenvalue weighted by atomic mass is 79.9. The number of esters is 1. The zero-order chi connectivity index (χ0) is 16.0. The van der Waals surface area contributed by atoms with Gasteiger partial charge >= 0.3 is 5.97 Å². The van der Waals surface area contributed by atoms with Gasteiger partial charge in [-0.05, 0) is 29.5 Å². The molecule has 2 N–H and O–H groups in total. The van der Waals surface area contributed by atoms with E-state index >= 15 is 0 Å². The first-order valence-electron chi connectivity index (χ1n) is 7.00. The van der Waals surface area contributed by atoms with Gasteiger partial charge in [-0.25, -0.2) is 4.79 Å². The molecule has 118 valence electrons. The van der Waals surface area contributed by atoms with Crippen molar-refractivity contribution in [1.29, 1.82) is 0 Å². The van der Waals surface area contributed by atoms with Crippen molar-refractivity contribution in [2.75, 3.05) is 13.7 Å². The highest BCUT2D eigenvalue weighted by Crippen LogP contribution is 2.24. The zero-order valence-corrected chi connectivity index (χ0v) is 14.7. The molecule has 0 radical (unpaired) electrons. The fourth-order valence-corrected chi connectivity index (χ4v) is 2.66. The van der Waals surface area contributed by atoms with Crippen molar-refractivity contribution >= 4 is 21.9 Å². The van der Waals surface area contributed by atoms with E-state index in [1.165, 1.54) is 7.11 Å². The van der Waals surface area contributed by atoms with Crippen LogP contribution >= 0.6 is 15.9 Å². The van der Waals surface area contributed by atoms with Crippen molar-refractivity contribution in [3.63, 3.8) is 0 Å². The minimum Gasteiger partial charge on any atom is -0.465 e. The maximum Gasteiger partial charge on any atom is 0.337 e. The molecule has 1 rings (SSSR count). The van der Waals surface area contributed by atoms with Crippen LogP contribution in [0.4, 0.5) is 0 Å². The maximum absolute atomic E-state index is 11.5. The number of carbonyl (C=O) groups excluding carboxylic acids is 1. The van der Waals surface area contributed by atoms with Gasteiger partial charge in [0, 0.05) is 23.7 Å². The average molecular weight is 358 g/mol. The van der Waals surface area contributed by atoms with Crippen molar-refractivity contribution in [1.82, 2.24) is 5.32 Å². The van der Waals surface area contributed by atoms with Gasteiger partial charge in [-0.3, -0.25) is 0 Å². The van der Waals surface area contributed by atoms with E-state index < -0.39 is 0 Å². The van der Waals surface area contributed by atoms with Crippen LogP contribution in [0.2, 0.25) is 0 Å². The molecule has 0 bridgehead atoms. The third kappa shape index (κ3) is 5.41. The molecule has 0 aliphatic carbocycles. The van der Waals surface area contributed by atoms with E-state index in [9.17, 15) is 9.90 Å². The number of hydrogen-bond acceptors (Lipinski definition) is 4. The molecule has 1 aromatic rings. The van der Waals surface area contributed by atoms with Crippen molar-refractivity contribution in [3.05, 3.63) is 33.8 Å². The molecule has 0 aliphatic heterocycles. The highest BCUT2D eigenvalue weighted by Gasteiger charge is 2.23. The molecule has 1 unspecified atom stereocenters. The van der Waals surface area contributed by atoms with Gasteiger partial charge in [0.1, 0.15) is 0 Å². The summed E-state index contributed by atoms with van der Waals surface area (Å²) in [5.74, 6) is -0.344. The molecule has 0 aromatic heterocycles. The lowest BCUT2D eigenvalue weighted by Crippen LogP contribution is -2.40. The van der Waals surface area contributed by atoms with Gasteiger partial charge < -0.3 is 15.2 Å². The Balaban J connectivity index is 2.77. The Morgan fingerprint density at radius 1 is 1.43 bits per heavy atom. The lowest BCUT2D eigenvalue weighted by atomic mass is 9.85. The molecule has 4 nitrogen and oxygen atoms in total. The molecule has 21 heavy (non-hydrogen) atoms. The predicted molar refractivity (Wildman–Crippen MR) is 87.3 cm³/mol. The normalized spacial score (nSPS) is 13.0. The van der Waals surface area contributed by atoms with Crippen LogP contribution in [0.25, 0.3) is 0 Å². The standard InChI is InChI=1S/C16H24BrNO3/c1-16(2,3)14(7-8-19)18-10-12-6-5-11(9-13(12)17)15(20)21-4/h5-6,9,14,18-19H,7-8,10H2,1-4H3. The quantitative estimate of drug-likeness (QED) is 0.768. The third-order valence-corrected chi connectivity index (χ3v) is 4.21. The second-order valence-electron chi connectivity index (χ2n) is 6.11. The summed E-state index contributed by atoms with van der Waals surface area (Å²) >= 11 is 3.49. The Hall–Kier alpha value is -0.910. The number of nitrogens with one attached hydrogen (secondary N) is 1. The SMILES string of the molecule is COC(=O)c1ccc(CNC(CCO)C(C)(C)C)c(Br)c1. The molecule has 0 spiro atoms. The Morgan fingerprint density at radius 2 is 2.10 bits per heavy atom. The Labute approximate surface area is 135 Å². The minimum absolute atomic E-state index is 0.0706. The Bertz CT molecular complexity index is 483. The number of halogens is 1. The number of aliphatic hydroxyl groups excluding tert-OH is 1. The topological polar surface area (TPSA) is 58.6 Å². The molecule has 0 aliphatic rings. The fourth-order valence-electron chi connectivity index (χ4n) is 2.14.